The van der Waals surface area contributed by atoms with Crippen molar-refractivity contribution < 1.29 is 4.52 Å². The van der Waals surface area contributed by atoms with Gasteiger partial charge in [0.2, 0.25) is 5.89 Å². The van der Waals surface area contributed by atoms with E-state index in [2.05, 4.69) is 25.1 Å². The maximum absolute atomic E-state index is 6.04. The standard InChI is InChI=1S/C12H14N6OS/c1-7-5-20-11(16-7)3-10-17-12(19-18-10)9(13)2-8-4-14-6-15-8/h4-6,9H,2-3,13H2,1H3,(H,14,15). The molecule has 3 heterocycles. The average molecular weight is 290 g/mol. The molecule has 0 radical (unpaired) electrons. The van der Waals surface area contributed by atoms with Crippen molar-refractivity contribution in [1.82, 2.24) is 25.1 Å². The SMILES string of the molecule is Cc1csc(Cc2noc(C(N)Cc3cnc[nH]3)n2)n1. The lowest BCUT2D eigenvalue weighted by molar-refractivity contribution is 0.350. The fourth-order valence-electron chi connectivity index (χ4n) is 1.83. The minimum Gasteiger partial charge on any atom is -0.348 e. The van der Waals surface area contributed by atoms with Gasteiger partial charge in [0.1, 0.15) is 5.01 Å². The number of nitrogens with one attached hydrogen (secondary N) is 1. The number of aromatic nitrogens is 5. The summed E-state index contributed by atoms with van der Waals surface area (Å²) in [5.74, 6) is 1.04. The zero-order valence-electron chi connectivity index (χ0n) is 10.9. The van der Waals surface area contributed by atoms with Crippen LogP contribution in [0, 0.1) is 6.92 Å². The molecule has 0 aromatic carbocycles. The molecule has 0 aliphatic rings. The van der Waals surface area contributed by atoms with E-state index in [1.54, 1.807) is 23.9 Å². The van der Waals surface area contributed by atoms with E-state index in [4.69, 9.17) is 10.3 Å². The highest BCUT2D eigenvalue weighted by molar-refractivity contribution is 7.09. The number of hydrogen-bond donors (Lipinski definition) is 2. The van der Waals surface area contributed by atoms with Crippen LogP contribution in [-0.2, 0) is 12.8 Å². The predicted octanol–water partition coefficient (Wildman–Crippen LogP) is 1.39. The number of hydrogen-bond acceptors (Lipinski definition) is 7. The molecule has 0 saturated heterocycles. The molecule has 1 unspecified atom stereocenters. The molecule has 0 spiro atoms. The van der Waals surface area contributed by atoms with Gasteiger partial charge < -0.3 is 15.2 Å². The van der Waals surface area contributed by atoms with E-state index in [9.17, 15) is 0 Å². The lowest BCUT2D eigenvalue weighted by Crippen LogP contribution is -2.14. The van der Waals surface area contributed by atoms with Crippen LogP contribution in [0.2, 0.25) is 0 Å². The van der Waals surface area contributed by atoms with Crippen molar-refractivity contribution in [3.05, 3.63) is 46.0 Å². The van der Waals surface area contributed by atoms with Crippen molar-refractivity contribution in [2.75, 3.05) is 0 Å². The molecular weight excluding hydrogens is 276 g/mol. The van der Waals surface area contributed by atoms with E-state index in [0.29, 0.717) is 24.6 Å². The average Bonchev–Trinajstić information content (AvgIpc) is 3.12. The second kappa shape index (κ2) is 5.51. The number of imidazole rings is 1. The van der Waals surface area contributed by atoms with Crippen LogP contribution < -0.4 is 5.73 Å². The van der Waals surface area contributed by atoms with Crippen LogP contribution in [0.15, 0.2) is 22.4 Å². The molecule has 3 rings (SSSR count). The first kappa shape index (κ1) is 12.9. The highest BCUT2D eigenvalue weighted by Crippen LogP contribution is 2.16. The van der Waals surface area contributed by atoms with Gasteiger partial charge in [0.15, 0.2) is 5.82 Å². The third-order valence-electron chi connectivity index (χ3n) is 2.77. The van der Waals surface area contributed by atoms with Gasteiger partial charge in [-0.2, -0.15) is 4.98 Å². The van der Waals surface area contributed by atoms with Crippen LogP contribution in [0.3, 0.4) is 0 Å². The molecule has 1 atom stereocenters. The summed E-state index contributed by atoms with van der Waals surface area (Å²) in [6, 6.07) is -0.338. The number of nitrogens with two attached hydrogens (primary N) is 1. The second-order valence-electron chi connectivity index (χ2n) is 4.50. The monoisotopic (exact) mass is 290 g/mol. The molecular formula is C12H14N6OS. The Hall–Kier alpha value is -2.06. The van der Waals surface area contributed by atoms with Gasteiger partial charge in [-0.1, -0.05) is 5.16 Å². The summed E-state index contributed by atoms with van der Waals surface area (Å²) in [5.41, 5.74) is 7.98. The first-order valence-corrected chi connectivity index (χ1v) is 7.05. The van der Waals surface area contributed by atoms with E-state index in [1.165, 1.54) is 0 Å². The molecule has 0 bridgehead atoms. The van der Waals surface area contributed by atoms with Crippen LogP contribution in [0.1, 0.15) is 34.2 Å². The van der Waals surface area contributed by atoms with Crippen LogP contribution >= 0.6 is 11.3 Å². The number of rotatable bonds is 5. The molecule has 0 aliphatic heterocycles. The number of H-pyrrole nitrogens is 1. The van der Waals surface area contributed by atoms with Gasteiger partial charge in [0.25, 0.3) is 0 Å². The van der Waals surface area contributed by atoms with Crippen molar-refractivity contribution in [3.63, 3.8) is 0 Å². The summed E-state index contributed by atoms with van der Waals surface area (Å²) >= 11 is 1.59. The Morgan fingerprint density at radius 2 is 2.35 bits per heavy atom. The normalized spacial score (nSPS) is 12.7. The first-order valence-electron chi connectivity index (χ1n) is 6.17. The van der Waals surface area contributed by atoms with Gasteiger partial charge in [-0.15, -0.1) is 11.3 Å². The molecule has 0 amide bonds. The molecule has 0 fully saturated rings. The van der Waals surface area contributed by atoms with E-state index in [0.717, 1.165) is 16.4 Å². The van der Waals surface area contributed by atoms with Crippen LogP contribution in [0.25, 0.3) is 0 Å². The summed E-state index contributed by atoms with van der Waals surface area (Å²) in [5, 5.41) is 6.92. The van der Waals surface area contributed by atoms with Gasteiger partial charge in [0.05, 0.1) is 18.8 Å². The van der Waals surface area contributed by atoms with Crippen LogP contribution in [0.5, 0.6) is 0 Å². The van der Waals surface area contributed by atoms with Gasteiger partial charge >= 0.3 is 0 Å². The Morgan fingerprint density at radius 3 is 3.05 bits per heavy atom. The number of aryl methyl sites for hydroxylation is 1. The third-order valence-corrected chi connectivity index (χ3v) is 3.74. The molecule has 20 heavy (non-hydrogen) atoms. The minimum absolute atomic E-state index is 0.338. The highest BCUT2D eigenvalue weighted by atomic mass is 32.1. The van der Waals surface area contributed by atoms with Gasteiger partial charge in [-0.05, 0) is 6.92 Å². The maximum atomic E-state index is 6.04. The number of thiazole rings is 1. The van der Waals surface area contributed by atoms with Crippen LogP contribution in [-0.4, -0.2) is 25.1 Å². The highest BCUT2D eigenvalue weighted by Gasteiger charge is 2.16. The Bertz CT molecular complexity index is 674. The van der Waals surface area contributed by atoms with Crippen LogP contribution in [0.4, 0.5) is 0 Å². The smallest absolute Gasteiger partial charge is 0.243 e. The lowest BCUT2D eigenvalue weighted by Gasteiger charge is -2.03. The molecule has 3 N–H and O–H groups in total. The quantitative estimate of drug-likeness (QED) is 0.735. The molecule has 0 aliphatic carbocycles. The fourth-order valence-corrected chi connectivity index (χ4v) is 2.60. The molecule has 8 heteroatoms. The van der Waals surface area contributed by atoms with E-state index < -0.39 is 0 Å². The zero-order chi connectivity index (χ0) is 13.9. The summed E-state index contributed by atoms with van der Waals surface area (Å²) in [7, 11) is 0. The number of nitrogens with zero attached hydrogens (tertiary/aromatic N) is 4. The van der Waals surface area contributed by atoms with E-state index in [1.807, 2.05) is 12.3 Å². The van der Waals surface area contributed by atoms with Gasteiger partial charge in [-0.25, -0.2) is 9.97 Å². The summed E-state index contributed by atoms with van der Waals surface area (Å²) < 4.78 is 5.21. The predicted molar refractivity (Wildman–Crippen MR) is 73.2 cm³/mol. The Balaban J connectivity index is 1.66. The van der Waals surface area contributed by atoms with Crippen molar-refractivity contribution in [1.29, 1.82) is 0 Å². The zero-order valence-corrected chi connectivity index (χ0v) is 11.7. The van der Waals surface area contributed by atoms with E-state index >= 15 is 0 Å². The molecule has 0 saturated carbocycles. The van der Waals surface area contributed by atoms with Crippen molar-refractivity contribution in [2.24, 2.45) is 5.73 Å². The molecule has 3 aromatic heterocycles. The summed E-state index contributed by atoms with van der Waals surface area (Å²) in [4.78, 5) is 15.6. The molecule has 3 aromatic rings. The second-order valence-corrected chi connectivity index (χ2v) is 5.44. The lowest BCUT2D eigenvalue weighted by atomic mass is 10.2. The van der Waals surface area contributed by atoms with Gasteiger partial charge in [-0.3, -0.25) is 0 Å². The van der Waals surface area contributed by atoms with Crippen molar-refractivity contribution >= 4 is 11.3 Å². The molecule has 104 valence electrons. The third kappa shape index (κ3) is 2.91. The minimum atomic E-state index is -0.338. The van der Waals surface area contributed by atoms with Crippen molar-refractivity contribution in [2.45, 2.75) is 25.8 Å². The summed E-state index contributed by atoms with van der Waals surface area (Å²) in [6.45, 7) is 1.96. The maximum Gasteiger partial charge on any atom is 0.243 e. The number of aromatic amines is 1. The summed E-state index contributed by atoms with van der Waals surface area (Å²) in [6.07, 6.45) is 4.50. The Morgan fingerprint density at radius 1 is 1.45 bits per heavy atom. The Kier molecular flexibility index (Phi) is 3.57. The Labute approximate surface area is 119 Å². The molecule has 7 nitrogen and oxygen atoms in total. The first-order chi connectivity index (χ1) is 9.70. The van der Waals surface area contributed by atoms with Gasteiger partial charge in [0, 0.05) is 29.4 Å². The largest absolute Gasteiger partial charge is 0.348 e. The fraction of sp³-hybridized carbons (Fsp3) is 0.333. The van der Waals surface area contributed by atoms with Crippen molar-refractivity contribution in [3.8, 4) is 0 Å². The van der Waals surface area contributed by atoms with E-state index in [-0.39, 0.29) is 6.04 Å². The topological polar surface area (TPSA) is 107 Å².